The molecule has 28 heavy (non-hydrogen) atoms. The van der Waals surface area contributed by atoms with Crippen LogP contribution in [-0.4, -0.2) is 38.3 Å². The number of carbonyl (C=O) groups is 1. The summed E-state index contributed by atoms with van der Waals surface area (Å²) < 4.78 is 27.2. The number of amides is 1. The number of benzene rings is 2. The summed E-state index contributed by atoms with van der Waals surface area (Å²) in [4.78, 5) is 14.9. The summed E-state index contributed by atoms with van der Waals surface area (Å²) in [7, 11) is -3.75. The Bertz CT molecular complexity index is 1000. The second-order valence-corrected chi connectivity index (χ2v) is 9.24. The van der Waals surface area contributed by atoms with Crippen LogP contribution in [0, 0.1) is 6.92 Å². The van der Waals surface area contributed by atoms with Crippen LogP contribution in [0.1, 0.15) is 41.8 Å². The minimum absolute atomic E-state index is 0.0233. The molecule has 0 aromatic heterocycles. The molecule has 0 saturated heterocycles. The molecule has 1 amide bonds. The molecule has 0 radical (unpaired) electrons. The molecular weight excluding hydrogens is 396 g/mol. The molecule has 0 aliphatic carbocycles. The first kappa shape index (κ1) is 20.8. The van der Waals surface area contributed by atoms with Crippen molar-refractivity contribution in [1.82, 2.24) is 4.31 Å². The van der Waals surface area contributed by atoms with Gasteiger partial charge in [-0.25, -0.2) is 8.42 Å². The first-order valence-electron chi connectivity index (χ1n) is 9.50. The third-order valence-corrected chi connectivity index (χ3v) is 7.63. The van der Waals surface area contributed by atoms with E-state index in [9.17, 15) is 13.2 Å². The number of carbonyl (C=O) groups excluding carboxylic acids is 1. The lowest BCUT2D eigenvalue weighted by molar-refractivity contribution is 0.0985. The van der Waals surface area contributed by atoms with Gasteiger partial charge in [0.25, 0.3) is 5.91 Å². The quantitative estimate of drug-likeness (QED) is 0.725. The fraction of sp³-hybridized carbons (Fsp3) is 0.381. The van der Waals surface area contributed by atoms with Crippen molar-refractivity contribution in [2.24, 2.45) is 0 Å². The molecule has 0 spiro atoms. The maximum absolute atomic E-state index is 13.2. The van der Waals surface area contributed by atoms with Gasteiger partial charge in [0.1, 0.15) is 4.90 Å². The normalized spacial score (nSPS) is 14.2. The van der Waals surface area contributed by atoms with Gasteiger partial charge in [0, 0.05) is 30.9 Å². The molecule has 5 nitrogen and oxygen atoms in total. The van der Waals surface area contributed by atoms with Gasteiger partial charge in [0.2, 0.25) is 10.0 Å². The molecule has 1 aliphatic rings. The van der Waals surface area contributed by atoms with Gasteiger partial charge in [0.05, 0.1) is 5.02 Å². The fourth-order valence-electron chi connectivity index (χ4n) is 3.63. The molecule has 0 fully saturated rings. The highest BCUT2D eigenvalue weighted by Crippen LogP contribution is 2.31. The van der Waals surface area contributed by atoms with Crippen molar-refractivity contribution in [3.05, 3.63) is 58.1 Å². The average Bonchev–Trinajstić information content (AvgIpc) is 2.67. The zero-order valence-electron chi connectivity index (χ0n) is 16.4. The molecular formula is C21H25ClN2O3S. The van der Waals surface area contributed by atoms with Gasteiger partial charge in [0.15, 0.2) is 0 Å². The van der Waals surface area contributed by atoms with E-state index < -0.39 is 10.0 Å². The summed E-state index contributed by atoms with van der Waals surface area (Å²) in [6.45, 7) is 6.87. The second kappa shape index (κ2) is 8.23. The standard InChI is InChI=1S/C21H25ClN2O3S/c1-4-23(5-2)28(26,27)20-14-17(9-10-18(20)22)21(25)24-12-6-7-16-13-15(3)8-11-19(16)24/h8-11,13-14H,4-7,12H2,1-3H3. The van der Waals surface area contributed by atoms with E-state index in [2.05, 4.69) is 6.07 Å². The van der Waals surface area contributed by atoms with Gasteiger partial charge in [-0.3, -0.25) is 4.79 Å². The Morgan fingerprint density at radius 3 is 2.54 bits per heavy atom. The van der Waals surface area contributed by atoms with Crippen molar-refractivity contribution >= 4 is 33.2 Å². The van der Waals surface area contributed by atoms with Crippen LogP contribution in [0.2, 0.25) is 5.02 Å². The van der Waals surface area contributed by atoms with Crippen molar-refractivity contribution in [3.8, 4) is 0 Å². The number of nitrogens with zero attached hydrogens (tertiary/aromatic N) is 2. The van der Waals surface area contributed by atoms with E-state index in [0.717, 1.165) is 29.7 Å². The average molecular weight is 421 g/mol. The van der Waals surface area contributed by atoms with Crippen LogP contribution in [0.25, 0.3) is 0 Å². The van der Waals surface area contributed by atoms with E-state index in [1.54, 1.807) is 24.8 Å². The highest BCUT2D eigenvalue weighted by atomic mass is 35.5. The van der Waals surface area contributed by atoms with Crippen LogP contribution in [0.15, 0.2) is 41.3 Å². The van der Waals surface area contributed by atoms with E-state index in [1.807, 2.05) is 19.1 Å². The Hall–Kier alpha value is -1.89. The molecule has 7 heteroatoms. The molecule has 0 N–H and O–H groups in total. The summed E-state index contributed by atoms with van der Waals surface area (Å²) in [5.74, 6) is -0.211. The summed E-state index contributed by atoms with van der Waals surface area (Å²) in [5, 5.41) is 0.123. The Morgan fingerprint density at radius 2 is 1.86 bits per heavy atom. The summed E-state index contributed by atoms with van der Waals surface area (Å²) in [5.41, 5.74) is 3.52. The lowest BCUT2D eigenvalue weighted by Crippen LogP contribution is -2.36. The lowest BCUT2D eigenvalue weighted by Gasteiger charge is -2.30. The van der Waals surface area contributed by atoms with E-state index >= 15 is 0 Å². The summed E-state index contributed by atoms with van der Waals surface area (Å²) in [6.07, 6.45) is 1.81. The SMILES string of the molecule is CCN(CC)S(=O)(=O)c1cc(C(=O)N2CCCc3cc(C)ccc32)ccc1Cl. The second-order valence-electron chi connectivity index (χ2n) is 6.93. The van der Waals surface area contributed by atoms with E-state index in [-0.39, 0.29) is 15.8 Å². The Kier molecular flexibility index (Phi) is 6.12. The topological polar surface area (TPSA) is 57.7 Å². The Balaban J connectivity index is 2.01. The molecule has 0 bridgehead atoms. The van der Waals surface area contributed by atoms with Crippen LogP contribution in [0.3, 0.4) is 0 Å². The number of rotatable bonds is 5. The first-order chi connectivity index (χ1) is 13.3. The molecule has 3 rings (SSSR count). The monoisotopic (exact) mass is 420 g/mol. The van der Waals surface area contributed by atoms with Gasteiger partial charge in [-0.2, -0.15) is 4.31 Å². The number of aryl methyl sites for hydroxylation is 2. The number of fused-ring (bicyclic) bond motifs is 1. The van der Waals surface area contributed by atoms with Crippen LogP contribution in [0.4, 0.5) is 5.69 Å². The van der Waals surface area contributed by atoms with E-state index in [1.165, 1.54) is 16.4 Å². The molecule has 150 valence electrons. The minimum atomic E-state index is -3.75. The van der Waals surface area contributed by atoms with Crippen molar-refractivity contribution < 1.29 is 13.2 Å². The number of hydrogen-bond acceptors (Lipinski definition) is 3. The van der Waals surface area contributed by atoms with E-state index in [0.29, 0.717) is 25.2 Å². The number of halogens is 1. The number of anilines is 1. The molecule has 0 atom stereocenters. The molecule has 0 saturated carbocycles. The largest absolute Gasteiger partial charge is 0.308 e. The fourth-order valence-corrected chi connectivity index (χ4v) is 5.59. The lowest BCUT2D eigenvalue weighted by atomic mass is 9.99. The zero-order valence-corrected chi connectivity index (χ0v) is 18.0. The highest BCUT2D eigenvalue weighted by molar-refractivity contribution is 7.89. The predicted molar refractivity (Wildman–Crippen MR) is 113 cm³/mol. The summed E-state index contributed by atoms with van der Waals surface area (Å²) in [6, 6.07) is 10.5. The number of hydrogen-bond donors (Lipinski definition) is 0. The smallest absolute Gasteiger partial charge is 0.258 e. The first-order valence-corrected chi connectivity index (χ1v) is 11.3. The van der Waals surface area contributed by atoms with Crippen LogP contribution >= 0.6 is 11.6 Å². The van der Waals surface area contributed by atoms with Gasteiger partial charge < -0.3 is 4.90 Å². The number of sulfonamides is 1. The third kappa shape index (κ3) is 3.81. The minimum Gasteiger partial charge on any atom is -0.308 e. The maximum atomic E-state index is 13.2. The van der Waals surface area contributed by atoms with Gasteiger partial charge in [-0.15, -0.1) is 0 Å². The predicted octanol–water partition coefficient (Wildman–Crippen LogP) is 4.27. The molecule has 0 unspecified atom stereocenters. The Morgan fingerprint density at radius 1 is 1.14 bits per heavy atom. The van der Waals surface area contributed by atoms with Gasteiger partial charge in [-0.1, -0.05) is 43.1 Å². The van der Waals surface area contributed by atoms with Crippen LogP contribution in [0.5, 0.6) is 0 Å². The van der Waals surface area contributed by atoms with Crippen molar-refractivity contribution in [1.29, 1.82) is 0 Å². The maximum Gasteiger partial charge on any atom is 0.258 e. The molecule has 2 aromatic rings. The van der Waals surface area contributed by atoms with Crippen molar-refractivity contribution in [3.63, 3.8) is 0 Å². The van der Waals surface area contributed by atoms with Gasteiger partial charge in [-0.05, 0) is 49.6 Å². The summed E-state index contributed by atoms with van der Waals surface area (Å²) >= 11 is 6.20. The van der Waals surface area contributed by atoms with Crippen LogP contribution < -0.4 is 4.90 Å². The van der Waals surface area contributed by atoms with Gasteiger partial charge >= 0.3 is 0 Å². The third-order valence-electron chi connectivity index (χ3n) is 5.10. The van der Waals surface area contributed by atoms with Crippen LogP contribution in [-0.2, 0) is 16.4 Å². The van der Waals surface area contributed by atoms with Crippen molar-refractivity contribution in [2.45, 2.75) is 38.5 Å². The highest BCUT2D eigenvalue weighted by Gasteiger charge is 2.28. The molecule has 1 heterocycles. The van der Waals surface area contributed by atoms with E-state index in [4.69, 9.17) is 11.6 Å². The zero-order chi connectivity index (χ0) is 20.5. The Labute approximate surface area is 172 Å². The van der Waals surface area contributed by atoms with Crippen molar-refractivity contribution in [2.75, 3.05) is 24.5 Å². The molecule has 2 aromatic carbocycles. The molecule has 1 aliphatic heterocycles.